The molecule has 1 saturated heterocycles. The molecule has 2 nitrogen and oxygen atoms in total. The summed E-state index contributed by atoms with van der Waals surface area (Å²) in [5.41, 5.74) is -0.496. The molecule has 0 spiro atoms. The number of nitrogens with one attached hydrogen (secondary N) is 1. The molecule has 1 aromatic carbocycles. The van der Waals surface area contributed by atoms with Gasteiger partial charge in [-0.1, -0.05) is 32.0 Å². The SMILES string of the molecule is CCC1(CC)COC(c2ccccc2C(F)(F)F)CN1. The number of rotatable bonds is 3. The highest BCUT2D eigenvalue weighted by Gasteiger charge is 2.38. The lowest BCUT2D eigenvalue weighted by Gasteiger charge is -2.40. The fourth-order valence-corrected chi connectivity index (χ4v) is 2.62. The Balaban J connectivity index is 2.19. The Morgan fingerprint density at radius 2 is 1.90 bits per heavy atom. The highest BCUT2D eigenvalue weighted by atomic mass is 19.4. The van der Waals surface area contributed by atoms with Gasteiger partial charge < -0.3 is 10.1 Å². The molecule has 0 aliphatic carbocycles. The summed E-state index contributed by atoms with van der Waals surface area (Å²) in [7, 11) is 0. The number of ether oxygens (including phenoxy) is 1. The molecule has 112 valence electrons. The predicted molar refractivity (Wildman–Crippen MR) is 71.5 cm³/mol. The van der Waals surface area contributed by atoms with Crippen molar-refractivity contribution in [2.45, 2.75) is 44.5 Å². The van der Waals surface area contributed by atoms with E-state index in [0.29, 0.717) is 13.2 Å². The quantitative estimate of drug-likeness (QED) is 0.909. The highest BCUT2D eigenvalue weighted by molar-refractivity contribution is 5.32. The van der Waals surface area contributed by atoms with E-state index in [9.17, 15) is 13.2 Å². The fraction of sp³-hybridized carbons (Fsp3) is 0.600. The van der Waals surface area contributed by atoms with Gasteiger partial charge in [-0.05, 0) is 24.5 Å². The van der Waals surface area contributed by atoms with Crippen LogP contribution >= 0.6 is 0 Å². The van der Waals surface area contributed by atoms with Gasteiger partial charge in [-0.3, -0.25) is 0 Å². The summed E-state index contributed by atoms with van der Waals surface area (Å²) >= 11 is 0. The first-order chi connectivity index (χ1) is 9.42. The van der Waals surface area contributed by atoms with Crippen molar-refractivity contribution in [3.05, 3.63) is 35.4 Å². The lowest BCUT2D eigenvalue weighted by atomic mass is 9.90. The van der Waals surface area contributed by atoms with E-state index in [1.165, 1.54) is 12.1 Å². The average Bonchev–Trinajstić information content (AvgIpc) is 2.46. The van der Waals surface area contributed by atoms with Crippen LogP contribution in [-0.4, -0.2) is 18.7 Å². The zero-order chi connectivity index (χ0) is 14.8. The molecule has 20 heavy (non-hydrogen) atoms. The van der Waals surface area contributed by atoms with Crippen LogP contribution in [0.15, 0.2) is 24.3 Å². The van der Waals surface area contributed by atoms with E-state index in [2.05, 4.69) is 19.2 Å². The second-order valence-corrected chi connectivity index (χ2v) is 5.25. The smallest absolute Gasteiger partial charge is 0.370 e. The number of benzene rings is 1. The molecular formula is C15H20F3NO. The zero-order valence-electron chi connectivity index (χ0n) is 11.8. The van der Waals surface area contributed by atoms with Crippen LogP contribution in [0.3, 0.4) is 0 Å². The number of hydrogen-bond acceptors (Lipinski definition) is 2. The fourth-order valence-electron chi connectivity index (χ4n) is 2.62. The highest BCUT2D eigenvalue weighted by Crippen LogP contribution is 2.37. The van der Waals surface area contributed by atoms with Crippen molar-refractivity contribution in [2.75, 3.05) is 13.2 Å². The summed E-state index contributed by atoms with van der Waals surface area (Å²) in [6.45, 7) is 4.97. The molecule has 1 atom stereocenters. The molecule has 5 heteroatoms. The van der Waals surface area contributed by atoms with Crippen molar-refractivity contribution >= 4 is 0 Å². The predicted octanol–water partition coefficient (Wildman–Crippen LogP) is 3.93. The molecule has 0 amide bonds. The van der Waals surface area contributed by atoms with Crippen LogP contribution in [-0.2, 0) is 10.9 Å². The van der Waals surface area contributed by atoms with Crippen LogP contribution in [0.4, 0.5) is 13.2 Å². The summed E-state index contributed by atoms with van der Waals surface area (Å²) in [5.74, 6) is 0. The lowest BCUT2D eigenvalue weighted by Crippen LogP contribution is -2.54. The van der Waals surface area contributed by atoms with Crippen molar-refractivity contribution in [1.82, 2.24) is 5.32 Å². The first-order valence-corrected chi connectivity index (χ1v) is 6.94. The average molecular weight is 287 g/mol. The van der Waals surface area contributed by atoms with Gasteiger partial charge in [0.25, 0.3) is 0 Å². The summed E-state index contributed by atoms with van der Waals surface area (Å²) in [4.78, 5) is 0. The van der Waals surface area contributed by atoms with E-state index in [1.807, 2.05) is 0 Å². The minimum atomic E-state index is -4.34. The summed E-state index contributed by atoms with van der Waals surface area (Å²) in [6, 6.07) is 5.64. The monoisotopic (exact) mass is 287 g/mol. The van der Waals surface area contributed by atoms with Crippen molar-refractivity contribution in [3.63, 3.8) is 0 Å². The third-order valence-corrected chi connectivity index (χ3v) is 4.19. The molecule has 1 heterocycles. The molecule has 0 saturated carbocycles. The Kier molecular flexibility index (Phi) is 4.39. The van der Waals surface area contributed by atoms with Crippen LogP contribution < -0.4 is 5.32 Å². The van der Waals surface area contributed by atoms with Crippen molar-refractivity contribution in [3.8, 4) is 0 Å². The number of hydrogen-bond donors (Lipinski definition) is 1. The van der Waals surface area contributed by atoms with E-state index in [-0.39, 0.29) is 11.1 Å². The molecular weight excluding hydrogens is 267 g/mol. The Labute approximate surface area is 117 Å². The van der Waals surface area contributed by atoms with Gasteiger partial charge in [-0.25, -0.2) is 0 Å². The van der Waals surface area contributed by atoms with Gasteiger partial charge in [0.2, 0.25) is 0 Å². The third-order valence-electron chi connectivity index (χ3n) is 4.19. The summed E-state index contributed by atoms with van der Waals surface area (Å²) in [6.07, 6.45) is -3.09. The maximum Gasteiger partial charge on any atom is 0.416 e. The van der Waals surface area contributed by atoms with Crippen molar-refractivity contribution in [1.29, 1.82) is 0 Å². The first-order valence-electron chi connectivity index (χ1n) is 6.94. The number of alkyl halides is 3. The Bertz CT molecular complexity index is 445. The van der Waals surface area contributed by atoms with E-state index in [4.69, 9.17) is 4.74 Å². The van der Waals surface area contributed by atoms with Gasteiger partial charge in [0.15, 0.2) is 0 Å². The van der Waals surface area contributed by atoms with E-state index in [0.717, 1.165) is 18.9 Å². The minimum absolute atomic E-state index is 0.107. The molecule has 1 N–H and O–H groups in total. The lowest BCUT2D eigenvalue weighted by molar-refractivity contribution is -0.140. The van der Waals surface area contributed by atoms with Crippen LogP contribution in [0, 0.1) is 0 Å². The summed E-state index contributed by atoms with van der Waals surface area (Å²) in [5, 5.41) is 3.37. The molecule has 0 aromatic heterocycles. The Morgan fingerprint density at radius 1 is 1.25 bits per heavy atom. The first kappa shape index (κ1) is 15.3. The van der Waals surface area contributed by atoms with E-state index >= 15 is 0 Å². The normalized spacial score (nSPS) is 22.8. The van der Waals surface area contributed by atoms with Gasteiger partial charge in [0.1, 0.15) is 0 Å². The molecule has 1 unspecified atom stereocenters. The topological polar surface area (TPSA) is 21.3 Å². The van der Waals surface area contributed by atoms with Crippen LogP contribution in [0.5, 0.6) is 0 Å². The van der Waals surface area contributed by atoms with Gasteiger partial charge in [0, 0.05) is 12.1 Å². The molecule has 0 bridgehead atoms. The largest absolute Gasteiger partial charge is 0.416 e. The Morgan fingerprint density at radius 3 is 2.40 bits per heavy atom. The van der Waals surface area contributed by atoms with Crippen molar-refractivity contribution in [2.24, 2.45) is 0 Å². The standard InChI is InChI=1S/C15H20F3NO/c1-3-14(4-2)10-20-13(9-19-14)11-7-5-6-8-12(11)15(16,17)18/h5-8,13,19H,3-4,9-10H2,1-2H3. The number of halogens is 3. The van der Waals surface area contributed by atoms with E-state index < -0.39 is 17.8 Å². The molecule has 1 fully saturated rings. The van der Waals surface area contributed by atoms with Crippen LogP contribution in [0.1, 0.15) is 43.9 Å². The zero-order valence-corrected chi connectivity index (χ0v) is 11.8. The van der Waals surface area contributed by atoms with Crippen LogP contribution in [0.25, 0.3) is 0 Å². The van der Waals surface area contributed by atoms with Gasteiger partial charge in [0.05, 0.1) is 18.3 Å². The van der Waals surface area contributed by atoms with Gasteiger partial charge in [-0.15, -0.1) is 0 Å². The second-order valence-electron chi connectivity index (χ2n) is 5.25. The number of morpholine rings is 1. The second kappa shape index (κ2) is 5.74. The summed E-state index contributed by atoms with van der Waals surface area (Å²) < 4.78 is 44.8. The Hall–Kier alpha value is -1.07. The van der Waals surface area contributed by atoms with Crippen LogP contribution in [0.2, 0.25) is 0 Å². The minimum Gasteiger partial charge on any atom is -0.370 e. The maximum absolute atomic E-state index is 13.0. The van der Waals surface area contributed by atoms with E-state index in [1.54, 1.807) is 6.07 Å². The molecule has 0 radical (unpaired) electrons. The van der Waals surface area contributed by atoms with Crippen molar-refractivity contribution < 1.29 is 17.9 Å². The molecule has 1 aromatic rings. The maximum atomic E-state index is 13.0. The molecule has 2 rings (SSSR count). The van der Waals surface area contributed by atoms with Gasteiger partial charge in [-0.2, -0.15) is 13.2 Å². The third kappa shape index (κ3) is 2.99. The molecule has 1 aliphatic rings. The molecule has 1 aliphatic heterocycles. The van der Waals surface area contributed by atoms with Gasteiger partial charge >= 0.3 is 6.18 Å².